The second-order valence-electron chi connectivity index (χ2n) is 7.91. The molecule has 17 heteroatoms. The summed E-state index contributed by atoms with van der Waals surface area (Å²) >= 11 is 0. The summed E-state index contributed by atoms with van der Waals surface area (Å²) in [5, 5.41) is -18.0. The Bertz CT molecular complexity index is 1060. The fourth-order valence-corrected chi connectivity index (χ4v) is 9.08. The maximum absolute atomic E-state index is 14.4. The third-order valence-corrected chi connectivity index (χ3v) is 11.9. The number of hydrogen-bond donors (Lipinski definition) is 0. The fraction of sp³-hybridized carbons (Fsp3) is 0.933. The number of esters is 1. The highest BCUT2D eigenvalue weighted by Crippen LogP contribution is 2.53. The lowest BCUT2D eigenvalue weighted by molar-refractivity contribution is -0.243. The molecule has 1 aliphatic heterocycles. The Morgan fingerprint density at radius 2 is 1.34 bits per heavy atom. The highest BCUT2D eigenvalue weighted by molar-refractivity contribution is 8.08. The number of halogens is 6. The highest BCUT2D eigenvalue weighted by atomic mass is 32.3. The van der Waals surface area contributed by atoms with Crippen molar-refractivity contribution in [2.24, 2.45) is 11.8 Å². The minimum absolute atomic E-state index is 0.0895. The van der Waals surface area contributed by atoms with Crippen molar-refractivity contribution in [3.63, 3.8) is 0 Å². The molecule has 2 rings (SSSR count). The van der Waals surface area contributed by atoms with E-state index in [1.807, 2.05) is 0 Å². The van der Waals surface area contributed by atoms with E-state index in [0.29, 0.717) is 6.42 Å². The number of rotatable bonds is 8. The van der Waals surface area contributed by atoms with E-state index in [1.165, 1.54) is 0 Å². The Hall–Kier alpha value is -1.10. The van der Waals surface area contributed by atoms with Gasteiger partial charge in [-0.2, -0.15) is 26.3 Å². The molecular formula is C15H20F6O8S3. The summed E-state index contributed by atoms with van der Waals surface area (Å²) < 4.78 is 159. The molecule has 0 aromatic rings. The van der Waals surface area contributed by atoms with Crippen molar-refractivity contribution in [1.29, 1.82) is 0 Å². The molecule has 1 saturated carbocycles. The van der Waals surface area contributed by atoms with Crippen LogP contribution in [0.2, 0.25) is 0 Å². The van der Waals surface area contributed by atoms with Gasteiger partial charge in [-0.25, -0.2) is 25.3 Å². The van der Waals surface area contributed by atoms with Crippen LogP contribution in [0.1, 0.15) is 32.1 Å². The van der Waals surface area contributed by atoms with E-state index in [-0.39, 0.29) is 25.7 Å². The second kappa shape index (κ2) is 8.29. The molecule has 2 aliphatic rings. The van der Waals surface area contributed by atoms with Gasteiger partial charge in [-0.15, -0.1) is 0 Å². The van der Waals surface area contributed by atoms with Crippen LogP contribution in [0.5, 0.6) is 0 Å². The number of sulfone groups is 3. The Morgan fingerprint density at radius 3 is 1.75 bits per heavy atom. The van der Waals surface area contributed by atoms with Gasteiger partial charge in [0.2, 0.25) is 19.7 Å². The van der Waals surface area contributed by atoms with Gasteiger partial charge in [-0.3, -0.25) is 4.79 Å². The zero-order valence-electron chi connectivity index (χ0n) is 16.4. The van der Waals surface area contributed by atoms with Gasteiger partial charge in [0.25, 0.3) is 0 Å². The Balaban J connectivity index is 2.31. The molecule has 1 heterocycles. The summed E-state index contributed by atoms with van der Waals surface area (Å²) in [6, 6.07) is 0. The third kappa shape index (κ3) is 4.48. The summed E-state index contributed by atoms with van der Waals surface area (Å²) in [4.78, 5) is 11.6. The normalized spacial score (nSPS) is 26.7. The number of carbonyl (C=O) groups excluding carboxylic acids is 1. The number of alkyl halides is 6. The van der Waals surface area contributed by atoms with Crippen LogP contribution in [0.15, 0.2) is 0 Å². The third-order valence-electron chi connectivity index (χ3n) is 5.55. The zero-order valence-corrected chi connectivity index (χ0v) is 18.9. The van der Waals surface area contributed by atoms with Crippen molar-refractivity contribution < 1.29 is 61.1 Å². The minimum Gasteiger partial charge on any atom is -0.465 e. The molecule has 0 radical (unpaired) electrons. The molecule has 0 aromatic carbocycles. The number of cyclic esters (lactones) is 1. The van der Waals surface area contributed by atoms with E-state index in [2.05, 4.69) is 0 Å². The fourth-order valence-electron chi connectivity index (χ4n) is 3.85. The maximum Gasteiger partial charge on any atom is 0.415 e. The van der Waals surface area contributed by atoms with Crippen molar-refractivity contribution in [3.05, 3.63) is 0 Å². The Labute approximate surface area is 180 Å². The smallest absolute Gasteiger partial charge is 0.415 e. The molecule has 1 atom stereocenters. The highest BCUT2D eigenvalue weighted by Gasteiger charge is 2.82. The van der Waals surface area contributed by atoms with Crippen molar-refractivity contribution in [1.82, 2.24) is 0 Å². The lowest BCUT2D eigenvalue weighted by Gasteiger charge is -2.36. The summed E-state index contributed by atoms with van der Waals surface area (Å²) in [5.74, 6) is -8.62. The first-order chi connectivity index (χ1) is 14.2. The van der Waals surface area contributed by atoms with Gasteiger partial charge in [0.15, 0.2) is 14.9 Å². The van der Waals surface area contributed by atoms with E-state index >= 15 is 0 Å². The van der Waals surface area contributed by atoms with Crippen LogP contribution in [0.25, 0.3) is 0 Å². The van der Waals surface area contributed by atoms with E-state index in [1.54, 1.807) is 0 Å². The van der Waals surface area contributed by atoms with Crippen molar-refractivity contribution in [3.8, 4) is 0 Å². The van der Waals surface area contributed by atoms with Crippen LogP contribution >= 0.6 is 0 Å². The van der Waals surface area contributed by atoms with E-state index < -0.39 is 86.9 Å². The van der Waals surface area contributed by atoms with Gasteiger partial charge < -0.3 is 4.74 Å². The van der Waals surface area contributed by atoms with Gasteiger partial charge in [-0.05, 0) is 38.0 Å². The van der Waals surface area contributed by atoms with Crippen LogP contribution in [0.3, 0.4) is 0 Å². The topological polar surface area (TPSA) is 129 Å². The lowest BCUT2D eigenvalue weighted by Crippen LogP contribution is -2.62. The predicted molar refractivity (Wildman–Crippen MR) is 97.2 cm³/mol. The monoisotopic (exact) mass is 538 g/mol. The van der Waals surface area contributed by atoms with Gasteiger partial charge in [0.1, 0.15) is 0 Å². The van der Waals surface area contributed by atoms with Crippen LogP contribution in [-0.4, -0.2) is 70.9 Å². The summed E-state index contributed by atoms with van der Waals surface area (Å²) in [7, 11) is -18.0. The molecule has 1 saturated heterocycles. The van der Waals surface area contributed by atoms with Crippen molar-refractivity contribution in [2.45, 2.75) is 53.8 Å². The molecular weight excluding hydrogens is 518 g/mol. The maximum atomic E-state index is 14.4. The first-order valence-electron chi connectivity index (χ1n) is 9.12. The van der Waals surface area contributed by atoms with Crippen LogP contribution < -0.4 is 0 Å². The number of carbonyl (C=O) groups is 1. The molecule has 0 N–H and O–H groups in total. The second-order valence-corrected chi connectivity index (χ2v) is 14.7. The number of ether oxygens (including phenoxy) is 1. The minimum atomic E-state index is -6.96. The molecule has 8 nitrogen and oxygen atoms in total. The molecule has 0 aromatic heterocycles. The Morgan fingerprint density at radius 1 is 0.844 bits per heavy atom. The average molecular weight is 539 g/mol. The Kier molecular flexibility index (Phi) is 7.03. The molecule has 2 fully saturated rings. The van der Waals surface area contributed by atoms with Gasteiger partial charge in [0.05, 0.1) is 17.8 Å². The van der Waals surface area contributed by atoms with E-state index in [9.17, 15) is 56.4 Å². The summed E-state index contributed by atoms with van der Waals surface area (Å²) in [6.07, 6.45) is -1.22. The molecule has 32 heavy (non-hydrogen) atoms. The van der Waals surface area contributed by atoms with Crippen molar-refractivity contribution in [2.75, 3.05) is 17.9 Å². The quantitative estimate of drug-likeness (QED) is 0.338. The SMILES string of the molecule is CS(=O)(=O)CS(=O)(=O)C(F)(F)C(F)(F)C(F)(F)S(=O)(=O)C1CCC(C2CCOC2=O)CC1. The largest absolute Gasteiger partial charge is 0.465 e. The molecule has 0 bridgehead atoms. The summed E-state index contributed by atoms with van der Waals surface area (Å²) in [6.45, 7) is 0.114. The molecule has 0 amide bonds. The van der Waals surface area contributed by atoms with E-state index in [0.717, 1.165) is 0 Å². The average Bonchev–Trinajstić information content (AvgIpc) is 3.05. The molecule has 1 unspecified atom stereocenters. The van der Waals surface area contributed by atoms with Crippen LogP contribution in [0, 0.1) is 11.8 Å². The van der Waals surface area contributed by atoms with Crippen molar-refractivity contribution >= 4 is 35.5 Å². The predicted octanol–water partition coefficient (Wildman–Crippen LogP) is 1.76. The van der Waals surface area contributed by atoms with E-state index in [4.69, 9.17) is 4.74 Å². The summed E-state index contributed by atoms with van der Waals surface area (Å²) in [5.41, 5.74) is 0. The molecule has 0 spiro atoms. The van der Waals surface area contributed by atoms with Gasteiger partial charge in [0, 0.05) is 6.26 Å². The first-order valence-corrected chi connectivity index (χ1v) is 14.4. The molecule has 1 aliphatic carbocycles. The van der Waals surface area contributed by atoms with Crippen LogP contribution in [-0.2, 0) is 39.0 Å². The van der Waals surface area contributed by atoms with Gasteiger partial charge >= 0.3 is 22.4 Å². The standard InChI is InChI=1S/C15H20F6O8S3/c1-30(23,24)8-31(25,26)14(18,19)13(16,17)15(20,21)32(27,28)10-4-2-9(3-5-10)11-6-7-29-12(11)22/h9-11H,2-8H2,1H3. The lowest BCUT2D eigenvalue weighted by atomic mass is 9.79. The van der Waals surface area contributed by atoms with Gasteiger partial charge in [-0.1, -0.05) is 0 Å². The zero-order chi connectivity index (χ0) is 25.0. The van der Waals surface area contributed by atoms with Crippen LogP contribution in [0.4, 0.5) is 26.3 Å². The molecule has 188 valence electrons. The first kappa shape index (κ1) is 27.1. The number of hydrogen-bond acceptors (Lipinski definition) is 8.